The van der Waals surface area contributed by atoms with Gasteiger partial charge in [-0.1, -0.05) is 12.8 Å². The Balaban J connectivity index is 2.54. The first-order chi connectivity index (χ1) is 8.66. The maximum absolute atomic E-state index is 14.4. The Morgan fingerprint density at radius 3 is 2.39 bits per heavy atom. The fourth-order valence-corrected chi connectivity index (χ4v) is 2.86. The molecule has 0 radical (unpaired) electrons. The molecule has 0 spiro atoms. The van der Waals surface area contributed by atoms with Crippen molar-refractivity contribution in [2.75, 3.05) is 20.8 Å². The molecular weight excluding hydrogens is 233 g/mol. The molecule has 2 N–H and O–H groups in total. The Morgan fingerprint density at radius 2 is 1.89 bits per heavy atom. The van der Waals surface area contributed by atoms with Crippen molar-refractivity contribution in [1.29, 1.82) is 0 Å². The van der Waals surface area contributed by atoms with Crippen molar-refractivity contribution in [3.8, 4) is 11.5 Å². The zero-order valence-corrected chi connectivity index (χ0v) is 11.0. The number of hydrogen-bond acceptors (Lipinski definition) is 3. The summed E-state index contributed by atoms with van der Waals surface area (Å²) in [4.78, 5) is 0. The summed E-state index contributed by atoms with van der Waals surface area (Å²) >= 11 is 0. The molecule has 0 saturated heterocycles. The van der Waals surface area contributed by atoms with Gasteiger partial charge in [0.05, 0.1) is 14.2 Å². The van der Waals surface area contributed by atoms with Crippen molar-refractivity contribution in [2.24, 2.45) is 5.73 Å². The van der Waals surface area contributed by atoms with Crippen LogP contribution in [0.1, 0.15) is 31.2 Å². The first kappa shape index (κ1) is 13.1. The summed E-state index contributed by atoms with van der Waals surface area (Å²) < 4.78 is 24.7. The van der Waals surface area contributed by atoms with Gasteiger partial charge >= 0.3 is 0 Å². The van der Waals surface area contributed by atoms with Crippen LogP contribution in [0, 0.1) is 5.82 Å². The summed E-state index contributed by atoms with van der Waals surface area (Å²) in [6.45, 7) is 0.459. The highest BCUT2D eigenvalue weighted by molar-refractivity contribution is 5.44. The number of hydrogen-bond donors (Lipinski definition) is 1. The quantitative estimate of drug-likeness (QED) is 0.897. The van der Waals surface area contributed by atoms with Gasteiger partial charge in [0.15, 0.2) is 11.6 Å². The Bertz CT molecular complexity index is 428. The summed E-state index contributed by atoms with van der Waals surface area (Å²) in [6, 6.07) is 3.33. The van der Waals surface area contributed by atoms with Gasteiger partial charge in [0, 0.05) is 23.6 Å². The molecule has 3 nitrogen and oxygen atoms in total. The lowest BCUT2D eigenvalue weighted by Gasteiger charge is -2.29. The average Bonchev–Trinajstić information content (AvgIpc) is 2.89. The second kappa shape index (κ2) is 5.14. The molecule has 1 aliphatic carbocycles. The van der Waals surface area contributed by atoms with Crippen molar-refractivity contribution in [2.45, 2.75) is 31.1 Å². The normalized spacial score (nSPS) is 17.8. The fraction of sp³-hybridized carbons (Fsp3) is 0.571. The van der Waals surface area contributed by atoms with Gasteiger partial charge in [-0.05, 0) is 18.9 Å². The van der Waals surface area contributed by atoms with Crippen LogP contribution in [0.2, 0.25) is 0 Å². The van der Waals surface area contributed by atoms with Gasteiger partial charge in [-0.3, -0.25) is 0 Å². The molecule has 1 aliphatic rings. The SMILES string of the molecule is COc1cc(OC)c(F)c(C2(CN)CCCC2)c1. The second-order valence-electron chi connectivity index (χ2n) is 4.88. The molecule has 100 valence electrons. The lowest BCUT2D eigenvalue weighted by molar-refractivity contribution is 0.355. The number of methoxy groups -OCH3 is 2. The summed E-state index contributed by atoms with van der Waals surface area (Å²) in [5.74, 6) is 0.540. The van der Waals surface area contributed by atoms with Gasteiger partial charge in [0.1, 0.15) is 5.75 Å². The smallest absolute Gasteiger partial charge is 0.169 e. The third-order valence-corrected chi connectivity index (χ3v) is 3.99. The number of rotatable bonds is 4. The lowest BCUT2D eigenvalue weighted by Crippen LogP contribution is -2.33. The lowest BCUT2D eigenvalue weighted by atomic mass is 9.78. The van der Waals surface area contributed by atoms with Crippen molar-refractivity contribution in [3.05, 3.63) is 23.5 Å². The van der Waals surface area contributed by atoms with Gasteiger partial charge in [0.2, 0.25) is 0 Å². The molecule has 0 unspecified atom stereocenters. The molecule has 0 heterocycles. The third-order valence-electron chi connectivity index (χ3n) is 3.99. The molecule has 0 amide bonds. The first-order valence-corrected chi connectivity index (χ1v) is 6.29. The minimum atomic E-state index is -0.300. The Labute approximate surface area is 107 Å². The zero-order valence-electron chi connectivity index (χ0n) is 11.0. The highest BCUT2D eigenvalue weighted by Gasteiger charge is 2.37. The molecule has 1 fully saturated rings. The van der Waals surface area contributed by atoms with Crippen molar-refractivity contribution in [1.82, 2.24) is 0 Å². The van der Waals surface area contributed by atoms with E-state index in [1.54, 1.807) is 19.2 Å². The van der Waals surface area contributed by atoms with Crippen molar-refractivity contribution >= 4 is 0 Å². The van der Waals surface area contributed by atoms with E-state index >= 15 is 0 Å². The predicted octanol–water partition coefficient (Wildman–Crippen LogP) is 2.61. The number of benzene rings is 1. The van der Waals surface area contributed by atoms with E-state index in [4.69, 9.17) is 15.2 Å². The summed E-state index contributed by atoms with van der Waals surface area (Å²) in [5.41, 5.74) is 6.28. The van der Waals surface area contributed by atoms with Crippen LogP contribution in [0.3, 0.4) is 0 Å². The Morgan fingerprint density at radius 1 is 1.22 bits per heavy atom. The number of nitrogens with two attached hydrogens (primary N) is 1. The summed E-state index contributed by atoms with van der Waals surface area (Å²) in [7, 11) is 3.03. The average molecular weight is 253 g/mol. The van der Waals surface area contributed by atoms with Crippen LogP contribution in [0.4, 0.5) is 4.39 Å². The third kappa shape index (κ3) is 2.05. The topological polar surface area (TPSA) is 44.5 Å². The molecular formula is C14H20FNO2. The molecule has 1 aromatic carbocycles. The van der Waals surface area contributed by atoms with E-state index in [1.807, 2.05) is 0 Å². The molecule has 0 atom stereocenters. The van der Waals surface area contributed by atoms with E-state index in [-0.39, 0.29) is 17.0 Å². The van der Waals surface area contributed by atoms with Crippen LogP contribution < -0.4 is 15.2 Å². The molecule has 0 aliphatic heterocycles. The fourth-order valence-electron chi connectivity index (χ4n) is 2.86. The molecule has 1 saturated carbocycles. The minimum absolute atomic E-state index is 0.226. The number of ether oxygens (including phenoxy) is 2. The molecule has 4 heteroatoms. The minimum Gasteiger partial charge on any atom is -0.497 e. The molecule has 18 heavy (non-hydrogen) atoms. The van der Waals surface area contributed by atoms with Crippen LogP contribution in [0.25, 0.3) is 0 Å². The largest absolute Gasteiger partial charge is 0.497 e. The Hall–Kier alpha value is -1.29. The maximum atomic E-state index is 14.4. The first-order valence-electron chi connectivity index (χ1n) is 6.29. The van der Waals surface area contributed by atoms with Crippen LogP contribution in [-0.4, -0.2) is 20.8 Å². The van der Waals surface area contributed by atoms with E-state index in [1.165, 1.54) is 7.11 Å². The molecule has 0 aromatic heterocycles. The standard InChI is InChI=1S/C14H20FNO2/c1-17-10-7-11(13(15)12(8-10)18-2)14(9-16)5-3-4-6-14/h7-8H,3-6,9,16H2,1-2H3. The summed E-state index contributed by atoms with van der Waals surface area (Å²) in [5, 5.41) is 0. The van der Waals surface area contributed by atoms with Crippen LogP contribution >= 0.6 is 0 Å². The van der Waals surface area contributed by atoms with E-state index in [2.05, 4.69) is 0 Å². The molecule has 2 rings (SSSR count). The van der Waals surface area contributed by atoms with E-state index < -0.39 is 0 Å². The van der Waals surface area contributed by atoms with Crippen molar-refractivity contribution < 1.29 is 13.9 Å². The molecule has 1 aromatic rings. The van der Waals surface area contributed by atoms with Gasteiger partial charge in [0.25, 0.3) is 0 Å². The van der Waals surface area contributed by atoms with Crippen molar-refractivity contribution in [3.63, 3.8) is 0 Å². The van der Waals surface area contributed by atoms with E-state index in [9.17, 15) is 4.39 Å². The van der Waals surface area contributed by atoms with Crippen LogP contribution in [-0.2, 0) is 5.41 Å². The van der Waals surface area contributed by atoms with Gasteiger partial charge < -0.3 is 15.2 Å². The van der Waals surface area contributed by atoms with Gasteiger partial charge in [-0.15, -0.1) is 0 Å². The molecule has 0 bridgehead atoms. The highest BCUT2D eigenvalue weighted by atomic mass is 19.1. The predicted molar refractivity (Wildman–Crippen MR) is 68.7 cm³/mol. The Kier molecular flexibility index (Phi) is 3.76. The van der Waals surface area contributed by atoms with E-state index in [0.29, 0.717) is 17.9 Å². The maximum Gasteiger partial charge on any atom is 0.169 e. The van der Waals surface area contributed by atoms with E-state index in [0.717, 1.165) is 25.7 Å². The zero-order chi connectivity index (χ0) is 13.2. The monoisotopic (exact) mass is 253 g/mol. The van der Waals surface area contributed by atoms with Gasteiger partial charge in [-0.2, -0.15) is 0 Å². The van der Waals surface area contributed by atoms with Crippen LogP contribution in [0.15, 0.2) is 12.1 Å². The number of halogens is 1. The van der Waals surface area contributed by atoms with Gasteiger partial charge in [-0.25, -0.2) is 4.39 Å². The van der Waals surface area contributed by atoms with Crippen LogP contribution in [0.5, 0.6) is 11.5 Å². The second-order valence-corrected chi connectivity index (χ2v) is 4.88. The summed E-state index contributed by atoms with van der Waals surface area (Å²) in [6.07, 6.45) is 4.04. The highest BCUT2D eigenvalue weighted by Crippen LogP contribution is 2.44.